The van der Waals surface area contributed by atoms with Crippen LogP contribution in [0.25, 0.3) is 11.4 Å². The van der Waals surface area contributed by atoms with Gasteiger partial charge >= 0.3 is 0 Å². The number of aromatic nitrogens is 4. The average molecular weight is 243 g/mol. The first kappa shape index (κ1) is 11.2. The molecule has 1 heterocycles. The van der Waals surface area contributed by atoms with Gasteiger partial charge in [0, 0.05) is 11.3 Å². The van der Waals surface area contributed by atoms with E-state index < -0.39 is 0 Å². The molecule has 1 aliphatic rings. The zero-order chi connectivity index (χ0) is 12.5. The molecule has 0 saturated heterocycles. The summed E-state index contributed by atoms with van der Waals surface area (Å²) in [6, 6.07) is 8.03. The number of hydrogen-bond donors (Lipinski definition) is 1. The third-order valence-corrected chi connectivity index (χ3v) is 3.48. The number of nitrogen functional groups attached to an aromatic ring is 1. The molecule has 1 unspecified atom stereocenters. The lowest BCUT2D eigenvalue weighted by Crippen LogP contribution is -2.10. The largest absolute Gasteiger partial charge is 0.398 e. The van der Waals surface area contributed by atoms with Crippen molar-refractivity contribution < 1.29 is 0 Å². The van der Waals surface area contributed by atoms with Crippen LogP contribution in [0.3, 0.4) is 0 Å². The second-order valence-corrected chi connectivity index (χ2v) is 5.06. The molecule has 0 bridgehead atoms. The van der Waals surface area contributed by atoms with Crippen LogP contribution in [0.1, 0.15) is 32.2 Å². The lowest BCUT2D eigenvalue weighted by Gasteiger charge is -2.13. The summed E-state index contributed by atoms with van der Waals surface area (Å²) in [6.07, 6.45) is 3.83. The van der Waals surface area contributed by atoms with Gasteiger partial charge in [0.15, 0.2) is 5.82 Å². The maximum atomic E-state index is 5.99. The molecule has 1 aliphatic carbocycles. The van der Waals surface area contributed by atoms with Crippen molar-refractivity contribution in [2.75, 3.05) is 5.73 Å². The van der Waals surface area contributed by atoms with Crippen LogP contribution in [0.15, 0.2) is 24.3 Å². The highest BCUT2D eigenvalue weighted by molar-refractivity contribution is 5.71. The number of hydrogen-bond acceptors (Lipinski definition) is 4. The highest BCUT2D eigenvalue weighted by atomic mass is 15.5. The van der Waals surface area contributed by atoms with E-state index in [-0.39, 0.29) is 0 Å². The van der Waals surface area contributed by atoms with Gasteiger partial charge in [-0.3, -0.25) is 0 Å². The fourth-order valence-electron chi connectivity index (χ4n) is 2.30. The second kappa shape index (κ2) is 4.40. The van der Waals surface area contributed by atoms with E-state index >= 15 is 0 Å². The number of anilines is 1. The van der Waals surface area contributed by atoms with Gasteiger partial charge in [-0.2, -0.15) is 0 Å². The van der Waals surface area contributed by atoms with Crippen molar-refractivity contribution in [1.29, 1.82) is 0 Å². The quantitative estimate of drug-likeness (QED) is 0.836. The number of tetrazole rings is 1. The molecule has 0 spiro atoms. The first-order valence-corrected chi connectivity index (χ1v) is 6.38. The van der Waals surface area contributed by atoms with Crippen molar-refractivity contribution in [2.45, 2.75) is 32.2 Å². The molecular formula is C13H17N5. The molecular weight excluding hydrogens is 226 g/mol. The van der Waals surface area contributed by atoms with Crippen molar-refractivity contribution in [3.8, 4) is 11.4 Å². The van der Waals surface area contributed by atoms with Crippen LogP contribution >= 0.6 is 0 Å². The number of benzene rings is 1. The topological polar surface area (TPSA) is 69.6 Å². The Morgan fingerprint density at radius 1 is 1.39 bits per heavy atom. The van der Waals surface area contributed by atoms with Crippen LogP contribution in [-0.4, -0.2) is 20.2 Å². The Kier molecular flexibility index (Phi) is 2.74. The van der Waals surface area contributed by atoms with Crippen molar-refractivity contribution in [2.24, 2.45) is 5.92 Å². The minimum atomic E-state index is 0.321. The van der Waals surface area contributed by atoms with Crippen LogP contribution < -0.4 is 5.73 Å². The lowest BCUT2D eigenvalue weighted by molar-refractivity contribution is 0.430. The van der Waals surface area contributed by atoms with Crippen LogP contribution in [0.2, 0.25) is 0 Å². The van der Waals surface area contributed by atoms with Gasteiger partial charge in [-0.15, -0.1) is 5.10 Å². The number of nitrogens with zero attached hydrogens (tertiary/aromatic N) is 4. The molecule has 1 aromatic heterocycles. The van der Waals surface area contributed by atoms with E-state index in [4.69, 9.17) is 5.73 Å². The molecule has 0 aliphatic heterocycles. The predicted molar refractivity (Wildman–Crippen MR) is 69.7 cm³/mol. The molecule has 1 saturated carbocycles. The van der Waals surface area contributed by atoms with E-state index in [0.29, 0.717) is 11.7 Å². The van der Waals surface area contributed by atoms with E-state index in [1.165, 1.54) is 12.8 Å². The van der Waals surface area contributed by atoms with E-state index in [2.05, 4.69) is 22.4 Å². The Morgan fingerprint density at radius 2 is 2.17 bits per heavy atom. The van der Waals surface area contributed by atoms with Crippen LogP contribution in [0.5, 0.6) is 0 Å². The molecule has 5 nitrogen and oxygen atoms in total. The molecule has 94 valence electrons. The summed E-state index contributed by atoms with van der Waals surface area (Å²) in [6.45, 7) is 2.16. The Hall–Kier alpha value is -1.91. The number of nitrogens with two attached hydrogens (primary N) is 1. The number of para-hydroxylation sites is 1. The summed E-state index contributed by atoms with van der Waals surface area (Å²) in [4.78, 5) is 0. The zero-order valence-corrected chi connectivity index (χ0v) is 10.5. The lowest BCUT2D eigenvalue weighted by atomic mass is 10.1. The molecule has 3 rings (SSSR count). The van der Waals surface area contributed by atoms with Crippen LogP contribution in [-0.2, 0) is 0 Å². The predicted octanol–water partition coefficient (Wildman–Crippen LogP) is 2.28. The first-order valence-electron chi connectivity index (χ1n) is 6.38. The van der Waals surface area contributed by atoms with E-state index in [0.717, 1.165) is 23.7 Å². The summed E-state index contributed by atoms with van der Waals surface area (Å²) >= 11 is 0. The Labute approximate surface area is 106 Å². The van der Waals surface area contributed by atoms with Gasteiger partial charge in [-0.25, -0.2) is 4.68 Å². The fraction of sp³-hybridized carbons (Fsp3) is 0.462. The summed E-state index contributed by atoms with van der Waals surface area (Å²) in [5.74, 6) is 1.62. The second-order valence-electron chi connectivity index (χ2n) is 5.06. The van der Waals surface area contributed by atoms with Crippen LogP contribution in [0.4, 0.5) is 5.69 Å². The Balaban J connectivity index is 1.93. The van der Waals surface area contributed by atoms with Gasteiger partial charge in [0.2, 0.25) is 0 Å². The summed E-state index contributed by atoms with van der Waals surface area (Å²) in [5, 5.41) is 12.0. The minimum absolute atomic E-state index is 0.321. The molecule has 2 N–H and O–H groups in total. The highest BCUT2D eigenvalue weighted by Crippen LogP contribution is 2.37. The molecule has 1 aromatic carbocycles. The monoisotopic (exact) mass is 243 g/mol. The van der Waals surface area contributed by atoms with Crippen molar-refractivity contribution >= 4 is 5.69 Å². The summed E-state index contributed by atoms with van der Waals surface area (Å²) in [5.41, 5.74) is 7.61. The zero-order valence-electron chi connectivity index (χ0n) is 10.5. The summed E-state index contributed by atoms with van der Waals surface area (Å²) < 4.78 is 1.89. The van der Waals surface area contributed by atoms with Crippen LogP contribution in [0, 0.1) is 5.92 Å². The Morgan fingerprint density at radius 3 is 2.89 bits per heavy atom. The summed E-state index contributed by atoms with van der Waals surface area (Å²) in [7, 11) is 0. The molecule has 1 fully saturated rings. The molecule has 5 heteroatoms. The third-order valence-electron chi connectivity index (χ3n) is 3.48. The first-order chi connectivity index (χ1) is 8.75. The van der Waals surface area contributed by atoms with Gasteiger partial charge < -0.3 is 5.73 Å². The average Bonchev–Trinajstić information content (AvgIpc) is 3.04. The van der Waals surface area contributed by atoms with Crippen molar-refractivity contribution in [3.63, 3.8) is 0 Å². The maximum absolute atomic E-state index is 5.99. The molecule has 0 radical (unpaired) electrons. The maximum Gasteiger partial charge on any atom is 0.184 e. The van der Waals surface area contributed by atoms with Gasteiger partial charge in [0.25, 0.3) is 0 Å². The molecule has 18 heavy (non-hydrogen) atoms. The Bertz CT molecular complexity index is 544. The van der Waals surface area contributed by atoms with E-state index in [1.807, 2.05) is 28.9 Å². The molecule has 0 amide bonds. The number of rotatable bonds is 4. The van der Waals surface area contributed by atoms with Gasteiger partial charge in [0.1, 0.15) is 0 Å². The normalized spacial score (nSPS) is 16.7. The standard InChI is InChI=1S/C13H17N5/c1-9(8-10-6-7-10)18-13(15-16-17-18)11-4-2-3-5-12(11)14/h2-5,9-10H,6-8,14H2,1H3. The molecule has 1 atom stereocenters. The highest BCUT2D eigenvalue weighted by Gasteiger charge is 2.26. The smallest absolute Gasteiger partial charge is 0.184 e. The van der Waals surface area contributed by atoms with Crippen molar-refractivity contribution in [3.05, 3.63) is 24.3 Å². The van der Waals surface area contributed by atoms with Gasteiger partial charge in [0.05, 0.1) is 6.04 Å². The fourth-order valence-corrected chi connectivity index (χ4v) is 2.30. The molecule has 2 aromatic rings. The minimum Gasteiger partial charge on any atom is -0.398 e. The van der Waals surface area contributed by atoms with Crippen molar-refractivity contribution in [1.82, 2.24) is 20.2 Å². The van der Waals surface area contributed by atoms with E-state index in [1.54, 1.807) is 0 Å². The SMILES string of the molecule is CC(CC1CC1)n1nnnc1-c1ccccc1N. The van der Waals surface area contributed by atoms with Gasteiger partial charge in [-0.1, -0.05) is 25.0 Å². The van der Waals surface area contributed by atoms with E-state index in [9.17, 15) is 0 Å². The van der Waals surface area contributed by atoms with Gasteiger partial charge in [-0.05, 0) is 41.8 Å². The third kappa shape index (κ3) is 2.08.